The van der Waals surface area contributed by atoms with Crippen molar-refractivity contribution in [3.05, 3.63) is 52.5 Å². The lowest BCUT2D eigenvalue weighted by atomic mass is 10.1. The van der Waals surface area contributed by atoms with Crippen molar-refractivity contribution in [1.82, 2.24) is 10.2 Å². The summed E-state index contributed by atoms with van der Waals surface area (Å²) in [7, 11) is 5.58. The van der Waals surface area contributed by atoms with Crippen LogP contribution in [0.2, 0.25) is 5.02 Å². The number of hydrogen-bond donors (Lipinski definition) is 1. The largest absolute Gasteiger partial charge is 0.497 e. The van der Waals surface area contributed by atoms with E-state index in [0.717, 1.165) is 11.3 Å². The monoisotopic (exact) mass is 376 g/mol. The highest BCUT2D eigenvalue weighted by atomic mass is 35.5. The van der Waals surface area contributed by atoms with Gasteiger partial charge in [-0.25, -0.2) is 0 Å². The van der Waals surface area contributed by atoms with Crippen molar-refractivity contribution in [2.24, 2.45) is 0 Å². The van der Waals surface area contributed by atoms with Crippen molar-refractivity contribution in [3.8, 4) is 17.2 Å². The average molecular weight is 377 g/mol. The molecule has 1 atom stereocenters. The second kappa shape index (κ2) is 7.85. The van der Waals surface area contributed by atoms with Gasteiger partial charge in [-0.1, -0.05) is 23.7 Å². The third-order valence-corrected chi connectivity index (χ3v) is 4.55. The number of fused-ring (bicyclic) bond motifs is 1. The lowest BCUT2D eigenvalue weighted by Crippen LogP contribution is -2.34. The maximum Gasteiger partial charge on any atom is 0.251 e. The van der Waals surface area contributed by atoms with E-state index < -0.39 is 0 Å². The Bertz CT molecular complexity index is 793. The Hall–Kier alpha value is -2.44. The van der Waals surface area contributed by atoms with E-state index >= 15 is 0 Å². The van der Waals surface area contributed by atoms with Crippen LogP contribution in [0.15, 0.2) is 36.4 Å². The molecule has 0 fully saturated rings. The normalized spacial score (nSPS) is 13.6. The number of carbonyl (C=O) groups excluding carboxylic acids is 1. The van der Waals surface area contributed by atoms with Crippen LogP contribution in [-0.2, 0) is 0 Å². The SMILES string of the molecule is COc1ccc(C(CNC(=O)c2cc(Cl)c3c(c2)OCO3)N(C)C)cc1. The number of carbonyl (C=O) groups is 1. The summed E-state index contributed by atoms with van der Waals surface area (Å²) in [5.41, 5.74) is 1.52. The molecule has 0 aliphatic carbocycles. The lowest BCUT2D eigenvalue weighted by Gasteiger charge is -2.25. The van der Waals surface area contributed by atoms with E-state index in [-0.39, 0.29) is 18.7 Å². The highest BCUT2D eigenvalue weighted by molar-refractivity contribution is 6.32. The minimum Gasteiger partial charge on any atom is -0.497 e. The Kier molecular flexibility index (Phi) is 5.54. The maximum absolute atomic E-state index is 12.6. The summed E-state index contributed by atoms with van der Waals surface area (Å²) >= 11 is 6.15. The molecule has 1 aliphatic heterocycles. The van der Waals surface area contributed by atoms with Crippen LogP contribution in [0, 0.1) is 0 Å². The van der Waals surface area contributed by atoms with Gasteiger partial charge in [0, 0.05) is 12.1 Å². The first-order valence-corrected chi connectivity index (χ1v) is 8.55. The molecule has 0 bridgehead atoms. The van der Waals surface area contributed by atoms with Crippen LogP contribution < -0.4 is 19.5 Å². The molecule has 1 unspecified atom stereocenters. The molecule has 1 amide bonds. The number of benzene rings is 2. The lowest BCUT2D eigenvalue weighted by molar-refractivity contribution is 0.0941. The van der Waals surface area contributed by atoms with Crippen molar-refractivity contribution in [1.29, 1.82) is 0 Å². The fraction of sp³-hybridized carbons (Fsp3) is 0.316. The van der Waals surface area contributed by atoms with Crippen molar-refractivity contribution < 1.29 is 19.0 Å². The summed E-state index contributed by atoms with van der Waals surface area (Å²) in [6, 6.07) is 11.1. The topological polar surface area (TPSA) is 60.0 Å². The zero-order valence-electron chi connectivity index (χ0n) is 14.9. The first-order valence-electron chi connectivity index (χ1n) is 8.17. The van der Waals surface area contributed by atoms with Crippen LogP contribution in [0.5, 0.6) is 17.2 Å². The number of nitrogens with one attached hydrogen (secondary N) is 1. The standard InChI is InChI=1S/C19H21ClN2O4/c1-22(2)16(12-4-6-14(24-3)7-5-12)10-21-19(23)13-8-15(20)18-17(9-13)25-11-26-18/h4-9,16H,10-11H2,1-3H3,(H,21,23). The number of hydrogen-bond acceptors (Lipinski definition) is 5. The molecule has 0 aromatic heterocycles. The first kappa shape index (κ1) is 18.4. The molecule has 138 valence electrons. The Morgan fingerprint density at radius 1 is 1.27 bits per heavy atom. The minimum atomic E-state index is -0.217. The van der Waals surface area contributed by atoms with E-state index in [1.807, 2.05) is 38.4 Å². The van der Waals surface area contributed by atoms with Crippen molar-refractivity contribution in [3.63, 3.8) is 0 Å². The Morgan fingerprint density at radius 3 is 2.65 bits per heavy atom. The highest BCUT2D eigenvalue weighted by Crippen LogP contribution is 2.39. The predicted octanol–water partition coefficient (Wildman–Crippen LogP) is 3.11. The van der Waals surface area contributed by atoms with Crippen molar-refractivity contribution >= 4 is 17.5 Å². The third-order valence-electron chi connectivity index (χ3n) is 4.27. The molecular weight excluding hydrogens is 356 g/mol. The number of nitrogens with zero attached hydrogens (tertiary/aromatic N) is 1. The van der Waals surface area contributed by atoms with Gasteiger partial charge in [-0.3, -0.25) is 4.79 Å². The van der Waals surface area contributed by atoms with Gasteiger partial charge >= 0.3 is 0 Å². The fourth-order valence-corrected chi connectivity index (χ4v) is 3.08. The molecule has 1 aliphatic rings. The van der Waals surface area contributed by atoms with Gasteiger partial charge in [0.25, 0.3) is 5.91 Å². The Labute approximate surface area is 157 Å². The molecule has 6 nitrogen and oxygen atoms in total. The van der Waals surface area contributed by atoms with Crippen LogP contribution in [0.4, 0.5) is 0 Å². The second-order valence-electron chi connectivity index (χ2n) is 6.15. The first-order chi connectivity index (χ1) is 12.5. The number of amides is 1. The molecule has 2 aromatic carbocycles. The van der Waals surface area contributed by atoms with Gasteiger partial charge in [0.1, 0.15) is 5.75 Å². The van der Waals surface area contributed by atoms with E-state index in [2.05, 4.69) is 10.2 Å². The number of halogens is 1. The van der Waals surface area contributed by atoms with Gasteiger partial charge in [-0.15, -0.1) is 0 Å². The predicted molar refractivity (Wildman–Crippen MR) is 99.3 cm³/mol. The molecular formula is C19H21ClN2O4. The van der Waals surface area contributed by atoms with Crippen molar-refractivity contribution in [2.45, 2.75) is 6.04 Å². The summed E-state index contributed by atoms with van der Waals surface area (Å²) in [6.45, 7) is 0.560. The minimum absolute atomic E-state index is 0.0225. The van der Waals surface area contributed by atoms with E-state index in [1.165, 1.54) is 0 Å². The maximum atomic E-state index is 12.6. The smallest absolute Gasteiger partial charge is 0.251 e. The molecule has 0 saturated carbocycles. The van der Waals surface area contributed by atoms with E-state index in [1.54, 1.807) is 19.2 Å². The molecule has 3 rings (SSSR count). The van der Waals surface area contributed by atoms with Gasteiger partial charge in [-0.2, -0.15) is 0 Å². The number of methoxy groups -OCH3 is 1. The van der Waals surface area contributed by atoms with Crippen molar-refractivity contribution in [2.75, 3.05) is 34.5 Å². The summed E-state index contributed by atoms with van der Waals surface area (Å²) in [4.78, 5) is 14.6. The highest BCUT2D eigenvalue weighted by Gasteiger charge is 2.22. The van der Waals surface area contributed by atoms with Gasteiger partial charge in [0.05, 0.1) is 18.2 Å². The number of rotatable bonds is 6. The summed E-state index contributed by atoms with van der Waals surface area (Å²) < 4.78 is 15.8. The molecule has 1 heterocycles. The van der Waals surface area contributed by atoms with Crippen LogP contribution in [0.1, 0.15) is 22.0 Å². The van der Waals surface area contributed by atoms with Gasteiger partial charge in [0.2, 0.25) is 6.79 Å². The number of ether oxygens (including phenoxy) is 3. The van der Waals surface area contributed by atoms with E-state index in [4.69, 9.17) is 25.8 Å². The quantitative estimate of drug-likeness (QED) is 0.839. The molecule has 1 N–H and O–H groups in total. The zero-order valence-corrected chi connectivity index (χ0v) is 15.7. The Morgan fingerprint density at radius 2 is 2.00 bits per heavy atom. The van der Waals surface area contributed by atoms with E-state index in [9.17, 15) is 4.79 Å². The zero-order chi connectivity index (χ0) is 18.7. The van der Waals surface area contributed by atoms with Gasteiger partial charge < -0.3 is 24.4 Å². The van der Waals surface area contributed by atoms with Gasteiger partial charge in [-0.05, 0) is 43.9 Å². The van der Waals surface area contributed by atoms with Crippen LogP contribution in [-0.4, -0.2) is 45.3 Å². The molecule has 0 radical (unpaired) electrons. The number of likely N-dealkylation sites (N-methyl/N-ethyl adjacent to an activating group) is 1. The summed E-state index contributed by atoms with van der Waals surface area (Å²) in [5.74, 6) is 1.55. The molecule has 0 spiro atoms. The van der Waals surface area contributed by atoms with Gasteiger partial charge in [0.15, 0.2) is 11.5 Å². The van der Waals surface area contributed by atoms with E-state index in [0.29, 0.717) is 28.6 Å². The third kappa shape index (κ3) is 3.86. The molecule has 7 heteroatoms. The van der Waals surface area contributed by atoms with Crippen LogP contribution in [0.25, 0.3) is 0 Å². The second-order valence-corrected chi connectivity index (χ2v) is 6.56. The molecule has 26 heavy (non-hydrogen) atoms. The van der Waals surface area contributed by atoms with Crippen LogP contribution in [0.3, 0.4) is 0 Å². The molecule has 0 saturated heterocycles. The summed E-state index contributed by atoms with van der Waals surface area (Å²) in [5, 5.41) is 3.32. The molecule has 2 aromatic rings. The Balaban J connectivity index is 1.71. The van der Waals surface area contributed by atoms with Crippen LogP contribution >= 0.6 is 11.6 Å². The summed E-state index contributed by atoms with van der Waals surface area (Å²) in [6.07, 6.45) is 0. The fourth-order valence-electron chi connectivity index (χ4n) is 2.81. The average Bonchev–Trinajstić information content (AvgIpc) is 3.11.